The predicted octanol–water partition coefficient (Wildman–Crippen LogP) is 4.08. The number of anilines is 2. The van der Waals surface area contributed by atoms with Gasteiger partial charge in [0.15, 0.2) is 5.82 Å². The Labute approximate surface area is 119 Å². The molecule has 1 heterocycles. The zero-order valence-electron chi connectivity index (χ0n) is 9.64. The van der Waals surface area contributed by atoms with Crippen molar-refractivity contribution < 1.29 is 0 Å². The SMILES string of the molecule is Clc1cc(Cl)c2cc(Nc3ccnnn3)ccc2c1. The molecule has 2 aromatic carbocycles. The highest BCUT2D eigenvalue weighted by molar-refractivity contribution is 6.38. The van der Waals surface area contributed by atoms with Gasteiger partial charge in [0.05, 0.1) is 6.20 Å². The molecule has 19 heavy (non-hydrogen) atoms. The molecule has 0 saturated carbocycles. The average Bonchev–Trinajstić information content (AvgIpc) is 2.40. The van der Waals surface area contributed by atoms with E-state index >= 15 is 0 Å². The molecule has 6 heteroatoms. The highest BCUT2D eigenvalue weighted by atomic mass is 35.5. The van der Waals surface area contributed by atoms with Gasteiger partial charge in [0.25, 0.3) is 0 Å². The molecule has 0 fully saturated rings. The van der Waals surface area contributed by atoms with Gasteiger partial charge in [-0.1, -0.05) is 29.3 Å². The van der Waals surface area contributed by atoms with Crippen LogP contribution in [-0.4, -0.2) is 15.4 Å². The first-order chi connectivity index (χ1) is 9.22. The fourth-order valence-electron chi connectivity index (χ4n) is 1.81. The van der Waals surface area contributed by atoms with E-state index in [0.29, 0.717) is 15.9 Å². The van der Waals surface area contributed by atoms with Gasteiger partial charge in [-0.15, -0.1) is 10.2 Å². The van der Waals surface area contributed by atoms with Gasteiger partial charge < -0.3 is 5.32 Å². The van der Waals surface area contributed by atoms with Crippen LogP contribution in [0.4, 0.5) is 11.5 Å². The second kappa shape index (κ2) is 4.99. The molecule has 3 rings (SSSR count). The number of aromatic nitrogens is 3. The van der Waals surface area contributed by atoms with Gasteiger partial charge in [0.1, 0.15) is 0 Å². The standard InChI is InChI=1S/C13H8Cl2N4/c14-9-5-8-1-2-10(7-11(8)12(15)6-9)17-13-3-4-16-19-18-13/h1-7H,(H,16,17,18). The van der Waals surface area contributed by atoms with Gasteiger partial charge in [0.2, 0.25) is 0 Å². The zero-order chi connectivity index (χ0) is 13.2. The second-order valence-corrected chi connectivity index (χ2v) is 4.80. The maximum atomic E-state index is 6.19. The maximum Gasteiger partial charge on any atom is 0.156 e. The van der Waals surface area contributed by atoms with E-state index in [4.69, 9.17) is 23.2 Å². The van der Waals surface area contributed by atoms with E-state index in [1.165, 1.54) is 0 Å². The third-order valence-corrected chi connectivity index (χ3v) is 3.18. The Kier molecular flexibility index (Phi) is 3.19. The van der Waals surface area contributed by atoms with Crippen LogP contribution >= 0.6 is 23.2 Å². The van der Waals surface area contributed by atoms with E-state index in [1.54, 1.807) is 18.3 Å². The van der Waals surface area contributed by atoms with E-state index in [2.05, 4.69) is 20.7 Å². The molecule has 0 aliphatic carbocycles. The lowest BCUT2D eigenvalue weighted by molar-refractivity contribution is 0.871. The fourth-order valence-corrected chi connectivity index (χ4v) is 2.38. The Morgan fingerprint density at radius 2 is 1.89 bits per heavy atom. The number of rotatable bonds is 2. The van der Waals surface area contributed by atoms with Crippen LogP contribution < -0.4 is 5.32 Å². The van der Waals surface area contributed by atoms with Crippen LogP contribution in [0.2, 0.25) is 10.0 Å². The first-order valence-corrected chi connectivity index (χ1v) is 6.28. The van der Waals surface area contributed by atoms with Gasteiger partial charge in [0, 0.05) is 27.2 Å². The molecule has 0 atom stereocenters. The first-order valence-electron chi connectivity index (χ1n) is 5.52. The summed E-state index contributed by atoms with van der Waals surface area (Å²) in [4.78, 5) is 0. The molecule has 3 aromatic rings. The summed E-state index contributed by atoms with van der Waals surface area (Å²) in [5.41, 5.74) is 0.872. The van der Waals surface area contributed by atoms with E-state index in [0.717, 1.165) is 16.5 Å². The first kappa shape index (κ1) is 12.1. The molecule has 1 aromatic heterocycles. The molecule has 0 aliphatic rings. The van der Waals surface area contributed by atoms with Crippen molar-refractivity contribution in [1.29, 1.82) is 0 Å². The summed E-state index contributed by atoms with van der Waals surface area (Å²) in [7, 11) is 0. The number of fused-ring (bicyclic) bond motifs is 1. The summed E-state index contributed by atoms with van der Waals surface area (Å²) >= 11 is 12.2. The number of hydrogen-bond donors (Lipinski definition) is 1. The molecule has 0 unspecified atom stereocenters. The van der Waals surface area contributed by atoms with Crippen molar-refractivity contribution >= 4 is 45.5 Å². The predicted molar refractivity (Wildman–Crippen MR) is 77.1 cm³/mol. The van der Waals surface area contributed by atoms with E-state index in [-0.39, 0.29) is 0 Å². The molecule has 0 aliphatic heterocycles. The minimum absolute atomic E-state index is 0.618. The third-order valence-electron chi connectivity index (χ3n) is 2.64. The fraction of sp³-hybridized carbons (Fsp3) is 0. The Hall–Kier alpha value is -1.91. The number of hydrogen-bond acceptors (Lipinski definition) is 4. The van der Waals surface area contributed by atoms with Crippen LogP contribution in [0.3, 0.4) is 0 Å². The van der Waals surface area contributed by atoms with Crippen molar-refractivity contribution in [2.45, 2.75) is 0 Å². The van der Waals surface area contributed by atoms with E-state index in [1.807, 2.05) is 24.3 Å². The van der Waals surface area contributed by atoms with E-state index < -0.39 is 0 Å². The summed E-state index contributed by atoms with van der Waals surface area (Å²) in [5.74, 6) is 0.624. The lowest BCUT2D eigenvalue weighted by Gasteiger charge is -2.07. The van der Waals surface area contributed by atoms with Gasteiger partial charge in [-0.3, -0.25) is 0 Å². The number of halogens is 2. The Bertz CT molecular complexity index is 731. The minimum atomic E-state index is 0.618. The van der Waals surface area contributed by atoms with Gasteiger partial charge in [-0.2, -0.15) is 0 Å². The summed E-state index contributed by atoms with van der Waals surface area (Å²) in [6.07, 6.45) is 1.57. The molecule has 94 valence electrons. The normalized spacial score (nSPS) is 10.6. The van der Waals surface area contributed by atoms with Crippen molar-refractivity contribution in [2.24, 2.45) is 0 Å². The van der Waals surface area contributed by atoms with Gasteiger partial charge >= 0.3 is 0 Å². The molecule has 0 saturated heterocycles. The van der Waals surface area contributed by atoms with Gasteiger partial charge in [-0.05, 0) is 34.9 Å². The quantitative estimate of drug-likeness (QED) is 0.773. The van der Waals surface area contributed by atoms with Crippen molar-refractivity contribution in [1.82, 2.24) is 15.4 Å². The largest absolute Gasteiger partial charge is 0.339 e. The number of nitrogens with zero attached hydrogens (tertiary/aromatic N) is 3. The van der Waals surface area contributed by atoms with Crippen LogP contribution in [0.5, 0.6) is 0 Å². The monoisotopic (exact) mass is 290 g/mol. The average molecular weight is 291 g/mol. The molecular weight excluding hydrogens is 283 g/mol. The summed E-state index contributed by atoms with van der Waals surface area (Å²) < 4.78 is 0. The summed E-state index contributed by atoms with van der Waals surface area (Å²) in [6.45, 7) is 0. The van der Waals surface area contributed by atoms with Crippen LogP contribution in [0.1, 0.15) is 0 Å². The van der Waals surface area contributed by atoms with Crippen LogP contribution in [0, 0.1) is 0 Å². The topological polar surface area (TPSA) is 50.7 Å². The summed E-state index contributed by atoms with van der Waals surface area (Å²) in [6, 6.07) is 11.2. The molecule has 0 radical (unpaired) electrons. The Balaban J connectivity index is 2.02. The highest BCUT2D eigenvalue weighted by Gasteiger charge is 2.03. The third kappa shape index (κ3) is 2.59. The Morgan fingerprint density at radius 1 is 1.00 bits per heavy atom. The van der Waals surface area contributed by atoms with Crippen LogP contribution in [0.25, 0.3) is 10.8 Å². The second-order valence-electron chi connectivity index (χ2n) is 3.95. The molecular formula is C13H8Cl2N4. The maximum absolute atomic E-state index is 6.19. The number of benzene rings is 2. The zero-order valence-corrected chi connectivity index (χ0v) is 11.2. The van der Waals surface area contributed by atoms with Crippen LogP contribution in [0.15, 0.2) is 42.6 Å². The Morgan fingerprint density at radius 3 is 2.68 bits per heavy atom. The molecule has 4 nitrogen and oxygen atoms in total. The van der Waals surface area contributed by atoms with E-state index in [9.17, 15) is 0 Å². The minimum Gasteiger partial charge on any atom is -0.339 e. The lowest BCUT2D eigenvalue weighted by Crippen LogP contribution is -1.95. The molecule has 0 amide bonds. The van der Waals surface area contributed by atoms with Crippen molar-refractivity contribution in [3.8, 4) is 0 Å². The highest BCUT2D eigenvalue weighted by Crippen LogP contribution is 2.30. The van der Waals surface area contributed by atoms with Gasteiger partial charge in [-0.25, -0.2) is 0 Å². The van der Waals surface area contributed by atoms with Crippen molar-refractivity contribution in [2.75, 3.05) is 5.32 Å². The van der Waals surface area contributed by atoms with Crippen LogP contribution in [-0.2, 0) is 0 Å². The summed E-state index contributed by atoms with van der Waals surface area (Å²) in [5, 5.41) is 17.3. The lowest BCUT2D eigenvalue weighted by atomic mass is 10.1. The van der Waals surface area contributed by atoms with Crippen molar-refractivity contribution in [3.05, 3.63) is 52.6 Å². The molecule has 0 spiro atoms. The number of nitrogens with one attached hydrogen (secondary N) is 1. The van der Waals surface area contributed by atoms with Crippen molar-refractivity contribution in [3.63, 3.8) is 0 Å². The molecule has 0 bridgehead atoms. The smallest absolute Gasteiger partial charge is 0.156 e. The molecule has 1 N–H and O–H groups in total.